The van der Waals surface area contributed by atoms with Gasteiger partial charge in [-0.15, -0.1) is 0 Å². The first-order valence-corrected chi connectivity index (χ1v) is 6.64. The Morgan fingerprint density at radius 2 is 2.11 bits per heavy atom. The summed E-state index contributed by atoms with van der Waals surface area (Å²) in [5.74, 6) is 0.532. The van der Waals surface area contributed by atoms with E-state index in [1.165, 1.54) is 0 Å². The fourth-order valence-corrected chi connectivity index (χ4v) is 2.42. The summed E-state index contributed by atoms with van der Waals surface area (Å²) < 4.78 is 0. The van der Waals surface area contributed by atoms with Crippen molar-refractivity contribution in [2.45, 2.75) is 12.8 Å². The van der Waals surface area contributed by atoms with Crippen LogP contribution in [0.5, 0.6) is 0 Å². The summed E-state index contributed by atoms with van der Waals surface area (Å²) >= 11 is 0. The number of piperidine rings is 1. The summed E-state index contributed by atoms with van der Waals surface area (Å²) in [7, 11) is 1.76. The number of urea groups is 1. The zero-order chi connectivity index (χ0) is 13.0. The highest BCUT2D eigenvalue weighted by Crippen LogP contribution is 2.10. The monoisotopic (exact) mass is 254 g/mol. The van der Waals surface area contributed by atoms with Crippen LogP contribution in [0.2, 0.25) is 0 Å². The number of hydrogen-bond acceptors (Lipinski definition) is 3. The molecule has 2 heterocycles. The molecule has 0 aromatic heterocycles. The van der Waals surface area contributed by atoms with Crippen LogP contribution >= 0.6 is 0 Å². The average Bonchev–Trinajstić information content (AvgIpc) is 2.70. The second-order valence-corrected chi connectivity index (χ2v) is 5.12. The SMILES string of the molecule is CN1CCN(CC(=O)NCC2CCNCC2)C1=O. The van der Waals surface area contributed by atoms with Gasteiger partial charge in [0.15, 0.2) is 0 Å². The van der Waals surface area contributed by atoms with Gasteiger partial charge in [-0.05, 0) is 31.8 Å². The Bertz CT molecular complexity index is 315. The van der Waals surface area contributed by atoms with Gasteiger partial charge in [0.25, 0.3) is 0 Å². The van der Waals surface area contributed by atoms with Gasteiger partial charge in [0.1, 0.15) is 6.54 Å². The van der Waals surface area contributed by atoms with E-state index >= 15 is 0 Å². The maximum absolute atomic E-state index is 11.8. The Balaban J connectivity index is 1.67. The summed E-state index contributed by atoms with van der Waals surface area (Å²) in [5.41, 5.74) is 0. The van der Waals surface area contributed by atoms with Crippen LogP contribution in [0.4, 0.5) is 4.79 Å². The van der Waals surface area contributed by atoms with Gasteiger partial charge >= 0.3 is 6.03 Å². The molecule has 6 heteroatoms. The van der Waals surface area contributed by atoms with Crippen molar-refractivity contribution in [3.63, 3.8) is 0 Å². The maximum atomic E-state index is 11.8. The van der Waals surface area contributed by atoms with Gasteiger partial charge in [-0.2, -0.15) is 0 Å². The molecule has 2 aliphatic heterocycles. The van der Waals surface area contributed by atoms with Crippen LogP contribution in [-0.2, 0) is 4.79 Å². The lowest BCUT2D eigenvalue weighted by Gasteiger charge is -2.23. The number of rotatable bonds is 4. The van der Waals surface area contributed by atoms with Crippen molar-refractivity contribution in [2.75, 3.05) is 46.3 Å². The van der Waals surface area contributed by atoms with Crippen LogP contribution in [0.25, 0.3) is 0 Å². The smallest absolute Gasteiger partial charge is 0.320 e. The molecule has 0 atom stereocenters. The number of likely N-dealkylation sites (N-methyl/N-ethyl adjacent to an activating group) is 1. The second kappa shape index (κ2) is 6.04. The molecule has 2 rings (SSSR count). The number of hydrogen-bond donors (Lipinski definition) is 2. The van der Waals surface area contributed by atoms with Gasteiger partial charge in [-0.3, -0.25) is 4.79 Å². The van der Waals surface area contributed by atoms with Crippen molar-refractivity contribution < 1.29 is 9.59 Å². The first kappa shape index (κ1) is 13.1. The predicted molar refractivity (Wildman–Crippen MR) is 68.2 cm³/mol. The van der Waals surface area contributed by atoms with Crippen molar-refractivity contribution in [3.8, 4) is 0 Å². The van der Waals surface area contributed by atoms with E-state index in [1.807, 2.05) is 0 Å². The summed E-state index contributed by atoms with van der Waals surface area (Å²) in [6.45, 7) is 4.36. The molecule has 0 radical (unpaired) electrons. The Morgan fingerprint density at radius 3 is 2.72 bits per heavy atom. The van der Waals surface area contributed by atoms with Crippen molar-refractivity contribution in [1.82, 2.24) is 20.4 Å². The minimum Gasteiger partial charge on any atom is -0.354 e. The first-order chi connectivity index (χ1) is 8.66. The van der Waals surface area contributed by atoms with Crippen LogP contribution < -0.4 is 10.6 Å². The zero-order valence-corrected chi connectivity index (χ0v) is 10.9. The molecule has 3 amide bonds. The van der Waals surface area contributed by atoms with Gasteiger partial charge in [-0.25, -0.2) is 4.79 Å². The molecule has 0 bridgehead atoms. The Kier molecular flexibility index (Phi) is 4.41. The number of carbonyl (C=O) groups excluding carboxylic acids is 2. The lowest BCUT2D eigenvalue weighted by molar-refractivity contribution is -0.121. The minimum absolute atomic E-state index is 0.0443. The lowest BCUT2D eigenvalue weighted by Crippen LogP contribution is -2.42. The van der Waals surface area contributed by atoms with Crippen molar-refractivity contribution >= 4 is 11.9 Å². The van der Waals surface area contributed by atoms with Gasteiger partial charge in [0, 0.05) is 26.7 Å². The zero-order valence-electron chi connectivity index (χ0n) is 10.9. The van der Waals surface area contributed by atoms with Crippen LogP contribution in [-0.4, -0.2) is 68.1 Å². The molecule has 0 saturated carbocycles. The van der Waals surface area contributed by atoms with Crippen molar-refractivity contribution in [3.05, 3.63) is 0 Å². The highest BCUT2D eigenvalue weighted by atomic mass is 16.2. The fourth-order valence-electron chi connectivity index (χ4n) is 2.42. The van der Waals surface area contributed by atoms with Gasteiger partial charge in [0.05, 0.1) is 0 Å². The Hall–Kier alpha value is -1.30. The van der Waals surface area contributed by atoms with E-state index in [-0.39, 0.29) is 18.5 Å². The standard InChI is InChI=1S/C12H22N4O2/c1-15-6-7-16(12(15)18)9-11(17)14-8-10-2-4-13-5-3-10/h10,13H,2-9H2,1H3,(H,14,17). The average molecular weight is 254 g/mol. The Morgan fingerprint density at radius 1 is 1.39 bits per heavy atom. The largest absolute Gasteiger partial charge is 0.354 e. The quantitative estimate of drug-likeness (QED) is 0.709. The molecule has 0 spiro atoms. The normalized spacial score (nSPS) is 21.5. The lowest BCUT2D eigenvalue weighted by atomic mass is 9.98. The van der Waals surface area contributed by atoms with E-state index in [1.54, 1.807) is 16.8 Å². The van der Waals surface area contributed by atoms with Crippen molar-refractivity contribution in [2.24, 2.45) is 5.92 Å². The number of nitrogens with one attached hydrogen (secondary N) is 2. The van der Waals surface area contributed by atoms with Gasteiger partial charge in [-0.1, -0.05) is 0 Å². The van der Waals surface area contributed by atoms with Crippen LogP contribution in [0, 0.1) is 5.92 Å². The van der Waals surface area contributed by atoms with Crippen LogP contribution in [0.15, 0.2) is 0 Å². The van der Waals surface area contributed by atoms with E-state index in [9.17, 15) is 9.59 Å². The molecule has 6 nitrogen and oxygen atoms in total. The molecule has 2 saturated heterocycles. The first-order valence-electron chi connectivity index (χ1n) is 6.64. The molecule has 18 heavy (non-hydrogen) atoms. The van der Waals surface area contributed by atoms with Gasteiger partial charge < -0.3 is 20.4 Å². The highest BCUT2D eigenvalue weighted by Gasteiger charge is 2.26. The van der Waals surface area contributed by atoms with E-state index in [4.69, 9.17) is 0 Å². The fraction of sp³-hybridized carbons (Fsp3) is 0.833. The molecule has 2 aliphatic rings. The molecule has 2 N–H and O–H groups in total. The highest BCUT2D eigenvalue weighted by molar-refractivity contribution is 5.84. The number of nitrogens with zero attached hydrogens (tertiary/aromatic N) is 2. The molecule has 0 aliphatic carbocycles. The third kappa shape index (κ3) is 3.35. The molecule has 102 valence electrons. The molecule has 2 fully saturated rings. The number of carbonyl (C=O) groups is 2. The van der Waals surface area contributed by atoms with E-state index in [2.05, 4.69) is 10.6 Å². The van der Waals surface area contributed by atoms with E-state index in [0.717, 1.165) is 32.5 Å². The predicted octanol–water partition coefficient (Wildman–Crippen LogP) is -0.530. The summed E-state index contributed by atoms with van der Waals surface area (Å²) in [6, 6.07) is -0.0491. The molecule has 0 aromatic carbocycles. The van der Waals surface area contributed by atoms with E-state index in [0.29, 0.717) is 19.0 Å². The molecule has 0 unspecified atom stereocenters. The topological polar surface area (TPSA) is 64.7 Å². The van der Waals surface area contributed by atoms with E-state index < -0.39 is 0 Å². The third-order valence-electron chi connectivity index (χ3n) is 3.68. The summed E-state index contributed by atoms with van der Waals surface area (Å²) in [6.07, 6.45) is 2.23. The second-order valence-electron chi connectivity index (χ2n) is 5.12. The molecular weight excluding hydrogens is 232 g/mol. The molecule has 0 aromatic rings. The number of amides is 3. The van der Waals surface area contributed by atoms with Crippen molar-refractivity contribution in [1.29, 1.82) is 0 Å². The molecular formula is C12H22N4O2. The Labute approximate surface area is 108 Å². The minimum atomic E-state index is -0.0491. The van der Waals surface area contributed by atoms with Crippen LogP contribution in [0.3, 0.4) is 0 Å². The van der Waals surface area contributed by atoms with Gasteiger partial charge in [0.2, 0.25) is 5.91 Å². The maximum Gasteiger partial charge on any atom is 0.320 e. The summed E-state index contributed by atoms with van der Waals surface area (Å²) in [4.78, 5) is 26.6. The van der Waals surface area contributed by atoms with Crippen LogP contribution in [0.1, 0.15) is 12.8 Å². The third-order valence-corrected chi connectivity index (χ3v) is 3.68. The summed E-state index contributed by atoms with van der Waals surface area (Å²) in [5, 5.41) is 6.24.